The molecule has 0 aromatic carbocycles. The molecule has 48 valence electrons. The van der Waals surface area contributed by atoms with Crippen LogP contribution >= 0.6 is 0 Å². The highest BCUT2D eigenvalue weighted by molar-refractivity contribution is 7.91. The Morgan fingerprint density at radius 1 is 1.88 bits per heavy atom. The van der Waals surface area contributed by atoms with Crippen LogP contribution in [0, 0.1) is 0 Å². The SMILES string of the molecule is CC(CC=O)[S+](C)[O-]. The zero-order chi connectivity index (χ0) is 6.57. The molecular formula is C5H10O2S. The van der Waals surface area contributed by atoms with Crippen molar-refractivity contribution in [3.05, 3.63) is 0 Å². The average Bonchev–Trinajstić information content (AvgIpc) is 1.67. The summed E-state index contributed by atoms with van der Waals surface area (Å²) in [5, 5.41) is 0.0208. The summed E-state index contributed by atoms with van der Waals surface area (Å²) in [5.41, 5.74) is 0. The second kappa shape index (κ2) is 3.92. The quantitative estimate of drug-likeness (QED) is 0.412. The van der Waals surface area contributed by atoms with Crippen molar-refractivity contribution in [3.8, 4) is 0 Å². The molecule has 0 fully saturated rings. The van der Waals surface area contributed by atoms with Gasteiger partial charge in [0.05, 0.1) is 12.7 Å². The molecule has 8 heavy (non-hydrogen) atoms. The lowest BCUT2D eigenvalue weighted by atomic mass is 10.4. The Labute approximate surface area is 52.5 Å². The molecule has 3 heteroatoms. The van der Waals surface area contributed by atoms with Gasteiger partial charge in [0.2, 0.25) is 0 Å². The molecule has 0 aromatic heterocycles. The minimum Gasteiger partial charge on any atom is -0.616 e. The summed E-state index contributed by atoms with van der Waals surface area (Å²) in [5.74, 6) is 0. The first kappa shape index (κ1) is 7.98. The van der Waals surface area contributed by atoms with Crippen molar-refractivity contribution >= 4 is 17.5 Å². The third kappa shape index (κ3) is 3.04. The lowest BCUT2D eigenvalue weighted by Crippen LogP contribution is -2.15. The van der Waals surface area contributed by atoms with Gasteiger partial charge < -0.3 is 9.35 Å². The van der Waals surface area contributed by atoms with E-state index < -0.39 is 11.2 Å². The molecule has 2 unspecified atom stereocenters. The van der Waals surface area contributed by atoms with Crippen molar-refractivity contribution in [2.45, 2.75) is 18.6 Å². The molecular weight excluding hydrogens is 124 g/mol. The van der Waals surface area contributed by atoms with E-state index >= 15 is 0 Å². The monoisotopic (exact) mass is 134 g/mol. The minimum absolute atomic E-state index is 0.0208. The molecule has 0 aliphatic heterocycles. The highest BCUT2D eigenvalue weighted by Crippen LogP contribution is 1.99. The van der Waals surface area contributed by atoms with Gasteiger partial charge in [0.25, 0.3) is 0 Å². The fraction of sp³-hybridized carbons (Fsp3) is 0.800. The Kier molecular flexibility index (Phi) is 3.91. The van der Waals surface area contributed by atoms with E-state index in [1.165, 1.54) is 0 Å². The molecule has 0 N–H and O–H groups in total. The van der Waals surface area contributed by atoms with Crippen LogP contribution in [-0.4, -0.2) is 22.3 Å². The Morgan fingerprint density at radius 3 is 2.50 bits per heavy atom. The van der Waals surface area contributed by atoms with E-state index in [0.29, 0.717) is 6.42 Å². The molecule has 0 spiro atoms. The summed E-state index contributed by atoms with van der Waals surface area (Å²) in [7, 11) is 0. The van der Waals surface area contributed by atoms with Crippen molar-refractivity contribution in [3.63, 3.8) is 0 Å². The van der Waals surface area contributed by atoms with E-state index in [1.54, 1.807) is 13.2 Å². The van der Waals surface area contributed by atoms with Crippen molar-refractivity contribution < 1.29 is 9.35 Å². The van der Waals surface area contributed by atoms with E-state index in [1.807, 2.05) is 0 Å². The van der Waals surface area contributed by atoms with Crippen LogP contribution in [0.3, 0.4) is 0 Å². The molecule has 0 amide bonds. The van der Waals surface area contributed by atoms with E-state index in [4.69, 9.17) is 0 Å². The Balaban J connectivity index is 3.30. The van der Waals surface area contributed by atoms with Crippen LogP contribution in [-0.2, 0) is 16.0 Å². The first-order chi connectivity index (χ1) is 3.68. The topological polar surface area (TPSA) is 40.1 Å². The summed E-state index contributed by atoms with van der Waals surface area (Å²) < 4.78 is 10.5. The molecule has 0 saturated heterocycles. The summed E-state index contributed by atoms with van der Waals surface area (Å²) in [4.78, 5) is 9.79. The highest BCUT2D eigenvalue weighted by atomic mass is 32.2. The number of aldehydes is 1. The third-order valence-corrected chi connectivity index (χ3v) is 2.32. The predicted molar refractivity (Wildman–Crippen MR) is 34.2 cm³/mol. The van der Waals surface area contributed by atoms with Crippen LogP contribution in [0.15, 0.2) is 0 Å². The highest BCUT2D eigenvalue weighted by Gasteiger charge is 2.08. The number of carbonyl (C=O) groups excluding carboxylic acids is 1. The molecule has 0 bridgehead atoms. The van der Waals surface area contributed by atoms with Gasteiger partial charge in [-0.1, -0.05) is 11.2 Å². The number of carbonyl (C=O) groups is 1. The average molecular weight is 134 g/mol. The zero-order valence-corrected chi connectivity index (χ0v) is 5.90. The maximum atomic E-state index is 10.5. The molecule has 0 aliphatic carbocycles. The number of rotatable bonds is 3. The van der Waals surface area contributed by atoms with Crippen LogP contribution < -0.4 is 0 Å². The lowest BCUT2D eigenvalue weighted by Gasteiger charge is -2.09. The first-order valence-electron chi connectivity index (χ1n) is 2.44. The second-order valence-electron chi connectivity index (χ2n) is 1.71. The second-order valence-corrected chi connectivity index (χ2v) is 3.51. The van der Waals surface area contributed by atoms with Gasteiger partial charge in [-0.3, -0.25) is 0 Å². The molecule has 0 rings (SSSR count). The van der Waals surface area contributed by atoms with Crippen molar-refractivity contribution in [1.82, 2.24) is 0 Å². The van der Waals surface area contributed by atoms with Gasteiger partial charge in [-0.2, -0.15) is 0 Å². The molecule has 0 aliphatic rings. The van der Waals surface area contributed by atoms with Crippen molar-refractivity contribution in [2.24, 2.45) is 0 Å². The Morgan fingerprint density at radius 2 is 2.38 bits per heavy atom. The minimum atomic E-state index is -0.841. The fourth-order valence-electron chi connectivity index (χ4n) is 0.271. The van der Waals surface area contributed by atoms with Crippen LogP contribution in [0.2, 0.25) is 0 Å². The van der Waals surface area contributed by atoms with Gasteiger partial charge in [-0.05, 0) is 6.92 Å². The summed E-state index contributed by atoms with van der Waals surface area (Å²) in [6.07, 6.45) is 2.81. The molecule has 0 aromatic rings. The smallest absolute Gasteiger partial charge is 0.124 e. The molecule has 0 saturated carbocycles. The molecule has 2 nitrogen and oxygen atoms in total. The van der Waals surface area contributed by atoms with Crippen molar-refractivity contribution in [2.75, 3.05) is 6.26 Å². The van der Waals surface area contributed by atoms with Crippen LogP contribution in [0.4, 0.5) is 0 Å². The maximum Gasteiger partial charge on any atom is 0.124 e. The van der Waals surface area contributed by atoms with Crippen LogP contribution in [0.5, 0.6) is 0 Å². The molecule has 2 atom stereocenters. The van der Waals surface area contributed by atoms with E-state index in [2.05, 4.69) is 0 Å². The first-order valence-corrected chi connectivity index (χ1v) is 4.06. The normalized spacial score (nSPS) is 17.4. The van der Waals surface area contributed by atoms with Crippen LogP contribution in [0.1, 0.15) is 13.3 Å². The van der Waals surface area contributed by atoms with Gasteiger partial charge in [-0.15, -0.1) is 0 Å². The summed E-state index contributed by atoms with van der Waals surface area (Å²) in [6.45, 7) is 1.80. The van der Waals surface area contributed by atoms with E-state index in [0.717, 1.165) is 6.29 Å². The largest absolute Gasteiger partial charge is 0.616 e. The van der Waals surface area contributed by atoms with Gasteiger partial charge >= 0.3 is 0 Å². The maximum absolute atomic E-state index is 10.5. The molecule has 0 radical (unpaired) electrons. The number of hydrogen-bond acceptors (Lipinski definition) is 2. The van der Waals surface area contributed by atoms with Gasteiger partial charge in [-0.25, -0.2) is 0 Å². The van der Waals surface area contributed by atoms with Gasteiger partial charge in [0.15, 0.2) is 0 Å². The van der Waals surface area contributed by atoms with Gasteiger partial charge in [0, 0.05) is 0 Å². The third-order valence-electron chi connectivity index (χ3n) is 0.995. The van der Waals surface area contributed by atoms with Crippen molar-refractivity contribution in [1.29, 1.82) is 0 Å². The van der Waals surface area contributed by atoms with Crippen LogP contribution in [0.25, 0.3) is 0 Å². The predicted octanol–water partition coefficient (Wildman–Crippen LogP) is 0.342. The van der Waals surface area contributed by atoms with E-state index in [9.17, 15) is 9.35 Å². The summed E-state index contributed by atoms with van der Waals surface area (Å²) >= 11 is -0.841. The summed E-state index contributed by atoms with van der Waals surface area (Å²) in [6, 6.07) is 0. The van der Waals surface area contributed by atoms with E-state index in [-0.39, 0.29) is 5.25 Å². The molecule has 0 heterocycles. The number of hydrogen-bond donors (Lipinski definition) is 0. The zero-order valence-electron chi connectivity index (χ0n) is 5.09. The Bertz CT molecular complexity index is 72.8. The fourth-order valence-corrected chi connectivity index (χ4v) is 0.621. The Hall–Kier alpha value is -0.0200. The van der Waals surface area contributed by atoms with Gasteiger partial charge in [0.1, 0.15) is 11.5 Å². The standard InChI is InChI=1S/C5H10O2S/c1-5(3-4-6)8(2)7/h4-5H,3H2,1-2H3. The lowest BCUT2D eigenvalue weighted by molar-refractivity contribution is -0.107.